The Morgan fingerprint density at radius 2 is 0.795 bits per heavy atom. The maximum absolute atomic E-state index is 13.6. The van der Waals surface area contributed by atoms with Crippen molar-refractivity contribution in [2.45, 2.75) is 73.6 Å². The first-order valence-corrected chi connectivity index (χ1v) is 22.0. The molecule has 400 valence electrons. The Morgan fingerprint density at radius 3 is 1.23 bits per heavy atom. The van der Waals surface area contributed by atoms with Gasteiger partial charge in [-0.25, -0.2) is 16.4 Å². The molecule has 27 nitrogen and oxygen atoms in total. The number of rotatable bonds is 21. The summed E-state index contributed by atoms with van der Waals surface area (Å²) in [6.07, 6.45) is -1.37. The van der Waals surface area contributed by atoms with Crippen LogP contribution in [-0.4, -0.2) is 159 Å². The van der Waals surface area contributed by atoms with Crippen molar-refractivity contribution in [3.63, 3.8) is 0 Å². The first-order chi connectivity index (χ1) is 34.0. The number of hydrogen-bond donors (Lipinski definition) is 14. The Balaban J connectivity index is 0.000000518. The molecule has 27 heteroatoms. The van der Waals surface area contributed by atoms with Gasteiger partial charge in [-0.15, -0.1) is 0 Å². The summed E-state index contributed by atoms with van der Waals surface area (Å²) in [7, 11) is 0. The third-order valence-corrected chi connectivity index (χ3v) is 10.2. The molecule has 3 rings (SSSR count). The molecule has 0 unspecified atom stereocenters. The zero-order valence-electron chi connectivity index (χ0n) is 41.0. The van der Waals surface area contributed by atoms with E-state index < -0.39 is 134 Å². The number of nitrogens with one attached hydrogen (secondary N) is 5. The van der Waals surface area contributed by atoms with Gasteiger partial charge in [-0.3, -0.25) is 58.8 Å². The number of carbonyl (C=O) groups excluding carboxylic acids is 9. The summed E-state index contributed by atoms with van der Waals surface area (Å²) in [5.74, 6) is -11.6. The normalized spacial score (nSPS) is 10.9. The van der Waals surface area contributed by atoms with Crippen LogP contribution in [0, 0.1) is 10.8 Å². The van der Waals surface area contributed by atoms with Gasteiger partial charge in [-0.1, -0.05) is 59.7 Å². The maximum Gasteiger partial charge on any atom is 0.260 e. The minimum Gasteiger partial charge on any atom is -0.504 e. The van der Waals surface area contributed by atoms with Crippen molar-refractivity contribution in [2.24, 2.45) is 10.8 Å². The second kappa shape index (κ2) is 27.8. The lowest BCUT2D eigenvalue weighted by Crippen LogP contribution is -2.50. The van der Waals surface area contributed by atoms with E-state index in [-0.39, 0.29) is 40.6 Å². The van der Waals surface area contributed by atoms with E-state index in [1.807, 2.05) is 41.5 Å². The summed E-state index contributed by atoms with van der Waals surface area (Å²) in [6.45, 7) is 9.75. The third-order valence-electron chi connectivity index (χ3n) is 10.2. The first-order valence-electron chi connectivity index (χ1n) is 22.0. The summed E-state index contributed by atoms with van der Waals surface area (Å²) >= 11 is 0. The number of benzene rings is 3. The molecule has 0 bridgehead atoms. The van der Waals surface area contributed by atoms with Crippen LogP contribution in [0.4, 0.5) is 0 Å². The van der Waals surface area contributed by atoms with Crippen molar-refractivity contribution < 1.29 is 89.4 Å². The summed E-state index contributed by atoms with van der Waals surface area (Å²) in [5.41, 5.74) is 2.60. The van der Waals surface area contributed by atoms with E-state index in [1.165, 1.54) is 75.9 Å². The molecule has 0 spiro atoms. The van der Waals surface area contributed by atoms with E-state index in [1.54, 1.807) is 0 Å². The van der Waals surface area contributed by atoms with Crippen LogP contribution in [-0.2, 0) is 28.8 Å². The second-order valence-electron chi connectivity index (χ2n) is 18.5. The molecular formula is C46H63N9O18. The summed E-state index contributed by atoms with van der Waals surface area (Å²) in [6, 6.07) is 11.4. The molecule has 0 saturated carbocycles. The fraction of sp³-hybridized carbons (Fsp3) is 0.413. The van der Waals surface area contributed by atoms with E-state index in [0.717, 1.165) is 14.7 Å². The van der Waals surface area contributed by atoms with E-state index in [9.17, 15) is 73.8 Å². The zero-order chi connectivity index (χ0) is 55.4. The molecule has 9 amide bonds. The van der Waals surface area contributed by atoms with Crippen molar-refractivity contribution in [2.75, 3.05) is 39.8 Å². The largest absolute Gasteiger partial charge is 0.504 e. The number of nitrogens with zero attached hydrogens (tertiary/aromatic N) is 4. The second-order valence-corrected chi connectivity index (χ2v) is 18.5. The summed E-state index contributed by atoms with van der Waals surface area (Å²) in [4.78, 5) is 115. The number of hydrogen-bond acceptors (Lipinski definition) is 18. The van der Waals surface area contributed by atoms with Crippen molar-refractivity contribution in [1.82, 2.24) is 46.7 Å². The number of hydroxylamine groups is 3. The average Bonchev–Trinajstić information content (AvgIpc) is 3.32. The van der Waals surface area contributed by atoms with E-state index in [4.69, 9.17) is 15.6 Å². The Hall–Kier alpha value is -8.43. The molecule has 0 aliphatic heterocycles. The van der Waals surface area contributed by atoms with Crippen LogP contribution in [0.1, 0.15) is 105 Å². The molecular weight excluding hydrogens is 967 g/mol. The molecule has 14 N–H and O–H groups in total. The topological polar surface area (TPSA) is 409 Å². The van der Waals surface area contributed by atoms with Crippen LogP contribution < -0.4 is 27.1 Å². The van der Waals surface area contributed by atoms with Gasteiger partial charge in [-0.05, 0) is 60.1 Å². The number of phenolic OH excluding ortho intramolecular Hbond substituents is 6. The fourth-order valence-corrected chi connectivity index (χ4v) is 6.00. The third kappa shape index (κ3) is 20.1. The summed E-state index contributed by atoms with van der Waals surface area (Å²) in [5, 5.41) is 90.8. The molecule has 3 aromatic carbocycles. The average molecular weight is 1030 g/mol. The number of amides is 9. The van der Waals surface area contributed by atoms with Crippen LogP contribution in [0.3, 0.4) is 0 Å². The minimum atomic E-state index is -1.04. The van der Waals surface area contributed by atoms with Crippen molar-refractivity contribution >= 4 is 53.2 Å². The van der Waals surface area contributed by atoms with Gasteiger partial charge in [0.15, 0.2) is 34.5 Å². The lowest BCUT2D eigenvalue weighted by Gasteiger charge is -2.33. The van der Waals surface area contributed by atoms with Crippen LogP contribution in [0.15, 0.2) is 54.6 Å². The molecule has 0 aliphatic carbocycles. The van der Waals surface area contributed by atoms with Gasteiger partial charge >= 0.3 is 0 Å². The molecule has 73 heavy (non-hydrogen) atoms. The fourth-order valence-electron chi connectivity index (χ4n) is 6.00. The lowest BCUT2D eigenvalue weighted by molar-refractivity contribution is -0.145. The molecule has 3 aromatic rings. The highest BCUT2D eigenvalue weighted by molar-refractivity contribution is 6.01. The zero-order valence-corrected chi connectivity index (χ0v) is 41.0. The molecule has 0 atom stereocenters. The van der Waals surface area contributed by atoms with E-state index in [2.05, 4.69) is 10.6 Å². The standard InChI is InChI=1S/C29H33N3O9.C17H30N6O9/c1-29(2,3)13-14-31(27(40)18-8-5-11-21(34)24(18)37)16-32(28(41)19-9-6-12-22(35)25(19)38)15-30-26(39)17-7-4-10-20(33)23(17)36;1-17(2,3)4-5-22(15(28)7-13(26)20-31)10-23(16(29)8-14(27)21-32)9-18-11(24)6-12(25)19-30/h4-12,33-38H,13-16H2,1-3H3,(H,30,39);30-32H,4-10H2,1-3H3,(H,18,24)(H,19,25)(H,20,26)(H,21,27). The van der Waals surface area contributed by atoms with Gasteiger partial charge in [0.2, 0.25) is 17.7 Å². The highest BCUT2D eigenvalue weighted by atomic mass is 16.5. The van der Waals surface area contributed by atoms with Crippen LogP contribution in [0.25, 0.3) is 0 Å². The number of carbonyl (C=O) groups is 9. The van der Waals surface area contributed by atoms with Gasteiger partial charge in [-0.2, -0.15) is 0 Å². The Morgan fingerprint density at radius 1 is 0.438 bits per heavy atom. The predicted octanol–water partition coefficient (Wildman–Crippen LogP) is 1.08. The van der Waals surface area contributed by atoms with Crippen LogP contribution in [0.2, 0.25) is 0 Å². The monoisotopic (exact) mass is 1030 g/mol. The minimum absolute atomic E-state index is 0.0918. The molecule has 0 fully saturated rings. The van der Waals surface area contributed by atoms with Crippen molar-refractivity contribution in [3.8, 4) is 34.5 Å². The smallest absolute Gasteiger partial charge is 0.260 e. The Bertz CT molecular complexity index is 2470. The predicted molar refractivity (Wildman–Crippen MR) is 252 cm³/mol. The van der Waals surface area contributed by atoms with Crippen LogP contribution in [0.5, 0.6) is 34.5 Å². The molecule has 0 heterocycles. The van der Waals surface area contributed by atoms with Gasteiger partial charge in [0, 0.05) is 13.1 Å². The quantitative estimate of drug-likeness (QED) is 0.0233. The highest BCUT2D eigenvalue weighted by Gasteiger charge is 2.30. The number of phenols is 6. The van der Waals surface area contributed by atoms with E-state index >= 15 is 0 Å². The molecule has 0 aromatic heterocycles. The molecule has 0 aliphatic rings. The maximum atomic E-state index is 13.6. The van der Waals surface area contributed by atoms with Gasteiger partial charge < -0.3 is 60.9 Å². The van der Waals surface area contributed by atoms with Gasteiger partial charge in [0.25, 0.3) is 35.4 Å². The SMILES string of the molecule is CC(C)(C)CCN(CN(CNC(=O)CC(=O)NO)C(=O)CC(=O)NO)C(=O)CC(=O)NO.CC(C)(C)CCN(CN(CNC(=O)c1cccc(O)c1O)C(=O)c1cccc(O)c1O)C(=O)c1cccc(O)c1O. The van der Waals surface area contributed by atoms with Crippen molar-refractivity contribution in [1.29, 1.82) is 0 Å². The molecule has 0 radical (unpaired) electrons. The lowest BCUT2D eigenvalue weighted by atomic mass is 9.92. The number of para-hydroxylation sites is 3. The van der Waals surface area contributed by atoms with Gasteiger partial charge in [0.1, 0.15) is 19.3 Å². The van der Waals surface area contributed by atoms with Crippen molar-refractivity contribution in [3.05, 3.63) is 71.3 Å². The highest BCUT2D eigenvalue weighted by Crippen LogP contribution is 2.32. The summed E-state index contributed by atoms with van der Waals surface area (Å²) < 4.78 is 0. The molecule has 0 saturated heterocycles. The Labute approximate surface area is 418 Å². The Kier molecular flexibility index (Phi) is 23.1. The van der Waals surface area contributed by atoms with Crippen LogP contribution >= 0.6 is 0 Å². The van der Waals surface area contributed by atoms with Gasteiger partial charge in [0.05, 0.1) is 43.4 Å². The number of aromatic hydroxyl groups is 6. The first kappa shape index (κ1) is 60.7. The van der Waals surface area contributed by atoms with E-state index in [0.29, 0.717) is 12.8 Å².